The van der Waals surface area contributed by atoms with Crippen molar-refractivity contribution in [1.82, 2.24) is 5.32 Å². The summed E-state index contributed by atoms with van der Waals surface area (Å²) < 4.78 is 0. The summed E-state index contributed by atoms with van der Waals surface area (Å²) in [4.78, 5) is 11.1. The molecule has 1 amide bonds. The van der Waals surface area contributed by atoms with Crippen molar-refractivity contribution in [3.8, 4) is 0 Å². The van der Waals surface area contributed by atoms with Gasteiger partial charge in [0.05, 0.1) is 6.04 Å². The topological polar surface area (TPSA) is 55.1 Å². The van der Waals surface area contributed by atoms with E-state index in [0.717, 1.165) is 12.8 Å². The first-order chi connectivity index (χ1) is 5.24. The van der Waals surface area contributed by atoms with E-state index in [1.54, 1.807) is 6.08 Å². The van der Waals surface area contributed by atoms with E-state index in [-0.39, 0.29) is 5.91 Å². The molecule has 0 saturated heterocycles. The van der Waals surface area contributed by atoms with Crippen LogP contribution in [0, 0.1) is 0 Å². The Hall–Kier alpha value is -0.830. The molecule has 1 aliphatic carbocycles. The molecular formula is C8H14N2O. The predicted molar refractivity (Wildman–Crippen MR) is 44.0 cm³/mol. The van der Waals surface area contributed by atoms with Crippen molar-refractivity contribution in [2.45, 2.75) is 31.3 Å². The molecule has 0 aromatic rings. The highest BCUT2D eigenvalue weighted by molar-refractivity contribution is 5.82. The Kier molecular flexibility index (Phi) is 2.65. The number of carbonyl (C=O) groups is 1. The summed E-state index contributed by atoms with van der Waals surface area (Å²) in [6.45, 7) is 3.52. The number of nitrogens with one attached hydrogen (secondary N) is 1. The van der Waals surface area contributed by atoms with Gasteiger partial charge in [-0.3, -0.25) is 4.79 Å². The van der Waals surface area contributed by atoms with Gasteiger partial charge in [0.25, 0.3) is 0 Å². The lowest BCUT2D eigenvalue weighted by molar-refractivity contribution is -0.122. The van der Waals surface area contributed by atoms with Crippen LogP contribution in [0.3, 0.4) is 0 Å². The average Bonchev–Trinajstić information content (AvgIpc) is 2.72. The van der Waals surface area contributed by atoms with Gasteiger partial charge in [0.1, 0.15) is 0 Å². The van der Waals surface area contributed by atoms with E-state index in [1.165, 1.54) is 0 Å². The summed E-state index contributed by atoms with van der Waals surface area (Å²) in [7, 11) is 0. The third-order valence-electron chi connectivity index (χ3n) is 1.68. The van der Waals surface area contributed by atoms with Crippen LogP contribution in [-0.2, 0) is 4.79 Å². The minimum Gasteiger partial charge on any atom is -0.352 e. The molecule has 0 aliphatic heterocycles. The van der Waals surface area contributed by atoms with Gasteiger partial charge >= 0.3 is 0 Å². The molecule has 1 atom stereocenters. The molecule has 1 aliphatic rings. The monoisotopic (exact) mass is 154 g/mol. The molecule has 1 saturated carbocycles. The molecule has 1 fully saturated rings. The third-order valence-corrected chi connectivity index (χ3v) is 1.68. The minimum atomic E-state index is -0.409. The summed E-state index contributed by atoms with van der Waals surface area (Å²) in [5, 5.41) is 2.83. The Balaban J connectivity index is 2.20. The van der Waals surface area contributed by atoms with Crippen molar-refractivity contribution in [3.63, 3.8) is 0 Å². The van der Waals surface area contributed by atoms with Crippen LogP contribution < -0.4 is 11.1 Å². The highest BCUT2D eigenvalue weighted by Crippen LogP contribution is 2.18. The highest BCUT2D eigenvalue weighted by atomic mass is 16.2. The first-order valence-corrected chi connectivity index (χ1v) is 3.91. The summed E-state index contributed by atoms with van der Waals surface area (Å²) >= 11 is 0. The predicted octanol–water partition coefficient (Wildman–Crippen LogP) is 0.168. The zero-order valence-corrected chi connectivity index (χ0v) is 6.55. The zero-order valence-electron chi connectivity index (χ0n) is 6.55. The lowest BCUT2D eigenvalue weighted by Crippen LogP contribution is -2.41. The minimum absolute atomic E-state index is 0.0487. The summed E-state index contributed by atoms with van der Waals surface area (Å²) in [5.41, 5.74) is 5.52. The molecule has 0 aromatic carbocycles. The molecule has 1 unspecified atom stereocenters. The van der Waals surface area contributed by atoms with Crippen LogP contribution in [-0.4, -0.2) is 18.0 Å². The fourth-order valence-electron chi connectivity index (χ4n) is 0.822. The third kappa shape index (κ3) is 2.72. The van der Waals surface area contributed by atoms with E-state index in [2.05, 4.69) is 11.9 Å². The molecule has 0 heterocycles. The number of nitrogens with two attached hydrogens (primary N) is 1. The Labute approximate surface area is 66.6 Å². The van der Waals surface area contributed by atoms with E-state index in [4.69, 9.17) is 5.73 Å². The Morgan fingerprint density at radius 3 is 2.91 bits per heavy atom. The summed E-state index contributed by atoms with van der Waals surface area (Å²) in [5.74, 6) is -0.0487. The molecular weight excluding hydrogens is 140 g/mol. The zero-order chi connectivity index (χ0) is 8.27. The number of hydrogen-bond donors (Lipinski definition) is 2. The lowest BCUT2D eigenvalue weighted by atomic mass is 10.2. The van der Waals surface area contributed by atoms with Crippen LogP contribution >= 0.6 is 0 Å². The molecule has 0 bridgehead atoms. The number of rotatable bonds is 4. The molecule has 3 nitrogen and oxygen atoms in total. The lowest BCUT2D eigenvalue weighted by Gasteiger charge is -2.08. The number of carbonyl (C=O) groups excluding carboxylic acids is 1. The fourth-order valence-corrected chi connectivity index (χ4v) is 0.822. The molecule has 0 aromatic heterocycles. The maximum absolute atomic E-state index is 11.1. The van der Waals surface area contributed by atoms with Gasteiger partial charge < -0.3 is 11.1 Å². The van der Waals surface area contributed by atoms with Crippen molar-refractivity contribution in [2.24, 2.45) is 5.73 Å². The Bertz CT molecular complexity index is 163. The van der Waals surface area contributed by atoms with Crippen LogP contribution in [0.5, 0.6) is 0 Å². The van der Waals surface area contributed by atoms with Crippen molar-refractivity contribution in [2.75, 3.05) is 0 Å². The van der Waals surface area contributed by atoms with Gasteiger partial charge in [-0.1, -0.05) is 6.08 Å². The van der Waals surface area contributed by atoms with Crippen molar-refractivity contribution >= 4 is 5.91 Å². The van der Waals surface area contributed by atoms with Crippen LogP contribution in [0.2, 0.25) is 0 Å². The second kappa shape index (κ2) is 3.53. The van der Waals surface area contributed by atoms with Gasteiger partial charge in [-0.25, -0.2) is 0 Å². The van der Waals surface area contributed by atoms with Gasteiger partial charge in [0.2, 0.25) is 5.91 Å². The van der Waals surface area contributed by atoms with E-state index in [0.29, 0.717) is 12.5 Å². The first-order valence-electron chi connectivity index (χ1n) is 3.91. The molecule has 3 heteroatoms. The molecule has 0 radical (unpaired) electrons. The molecule has 3 N–H and O–H groups in total. The van der Waals surface area contributed by atoms with Crippen molar-refractivity contribution in [1.29, 1.82) is 0 Å². The highest BCUT2D eigenvalue weighted by Gasteiger charge is 2.25. The van der Waals surface area contributed by atoms with Crippen LogP contribution in [0.1, 0.15) is 19.3 Å². The molecule has 0 spiro atoms. The average molecular weight is 154 g/mol. The Morgan fingerprint density at radius 2 is 2.45 bits per heavy atom. The second-order valence-corrected chi connectivity index (χ2v) is 2.91. The van der Waals surface area contributed by atoms with Crippen LogP contribution in [0.25, 0.3) is 0 Å². The van der Waals surface area contributed by atoms with Crippen molar-refractivity contribution in [3.05, 3.63) is 12.7 Å². The molecule has 11 heavy (non-hydrogen) atoms. The van der Waals surface area contributed by atoms with Crippen molar-refractivity contribution < 1.29 is 4.79 Å². The van der Waals surface area contributed by atoms with E-state index in [9.17, 15) is 4.79 Å². The molecule has 1 rings (SSSR count). The van der Waals surface area contributed by atoms with Gasteiger partial charge in [0, 0.05) is 6.04 Å². The van der Waals surface area contributed by atoms with Crippen LogP contribution in [0.4, 0.5) is 0 Å². The summed E-state index contributed by atoms with van der Waals surface area (Å²) in [6.07, 6.45) is 4.43. The summed E-state index contributed by atoms with van der Waals surface area (Å²) in [6, 6.07) is -0.00790. The van der Waals surface area contributed by atoms with Crippen LogP contribution in [0.15, 0.2) is 12.7 Å². The standard InChI is InChI=1S/C8H14N2O/c1-2-3-7(9)8(11)10-6-4-5-6/h2,6-7H,1,3-5,9H2,(H,10,11). The fraction of sp³-hybridized carbons (Fsp3) is 0.625. The van der Waals surface area contributed by atoms with E-state index in [1.807, 2.05) is 0 Å². The number of amides is 1. The van der Waals surface area contributed by atoms with Gasteiger partial charge in [-0.15, -0.1) is 6.58 Å². The van der Waals surface area contributed by atoms with Gasteiger partial charge in [0.15, 0.2) is 0 Å². The molecule has 62 valence electrons. The van der Waals surface area contributed by atoms with Gasteiger partial charge in [-0.2, -0.15) is 0 Å². The maximum atomic E-state index is 11.1. The van der Waals surface area contributed by atoms with E-state index >= 15 is 0 Å². The van der Waals surface area contributed by atoms with E-state index < -0.39 is 6.04 Å². The quantitative estimate of drug-likeness (QED) is 0.567. The van der Waals surface area contributed by atoms with Gasteiger partial charge in [-0.05, 0) is 19.3 Å². The normalized spacial score (nSPS) is 19.0. The smallest absolute Gasteiger partial charge is 0.237 e. The largest absolute Gasteiger partial charge is 0.352 e. The SMILES string of the molecule is C=CCC(N)C(=O)NC1CC1. The first kappa shape index (κ1) is 8.27. The maximum Gasteiger partial charge on any atom is 0.237 e. The Morgan fingerprint density at radius 1 is 1.82 bits per heavy atom. The second-order valence-electron chi connectivity index (χ2n) is 2.91. The number of hydrogen-bond acceptors (Lipinski definition) is 2.